The van der Waals surface area contributed by atoms with Gasteiger partial charge < -0.3 is 19.9 Å². The minimum Gasteiger partial charge on any atom is -0.464 e. The van der Waals surface area contributed by atoms with E-state index in [9.17, 15) is 4.79 Å². The number of anilines is 1. The number of hydrogen-bond acceptors (Lipinski definition) is 5. The quantitative estimate of drug-likeness (QED) is 0.506. The van der Waals surface area contributed by atoms with Crippen LogP contribution in [0.3, 0.4) is 0 Å². The van der Waals surface area contributed by atoms with Crippen molar-refractivity contribution >= 4 is 11.7 Å². The fourth-order valence-corrected chi connectivity index (χ4v) is 1.33. The van der Waals surface area contributed by atoms with Gasteiger partial charge in [0.15, 0.2) is 12.5 Å². The molecule has 2 N–H and O–H groups in total. The molecule has 0 saturated heterocycles. The second-order valence-corrected chi connectivity index (χ2v) is 4.78. The Morgan fingerprint density at radius 2 is 2.00 bits per heavy atom. The van der Waals surface area contributed by atoms with Crippen LogP contribution in [0.1, 0.15) is 31.1 Å². The van der Waals surface area contributed by atoms with E-state index in [1.54, 1.807) is 39.0 Å². The molecule has 0 aliphatic carbocycles. The zero-order valence-corrected chi connectivity index (χ0v) is 11.1. The highest BCUT2D eigenvalue weighted by atomic mass is 16.7. The SMILES string of the molecule is COCOc1c(N)cccc1C(=O)OC(C)(C)C. The van der Waals surface area contributed by atoms with Crippen molar-refractivity contribution in [3.05, 3.63) is 23.8 Å². The van der Waals surface area contributed by atoms with E-state index in [0.29, 0.717) is 11.3 Å². The highest BCUT2D eigenvalue weighted by Crippen LogP contribution is 2.28. The smallest absolute Gasteiger partial charge is 0.342 e. The third-order valence-electron chi connectivity index (χ3n) is 1.99. The number of rotatable bonds is 4. The first kappa shape index (κ1) is 14.3. The predicted octanol–water partition coefficient (Wildman–Crippen LogP) is 2.21. The second-order valence-electron chi connectivity index (χ2n) is 4.78. The molecule has 0 unspecified atom stereocenters. The molecule has 0 heterocycles. The van der Waals surface area contributed by atoms with Crippen molar-refractivity contribution in [2.24, 2.45) is 0 Å². The van der Waals surface area contributed by atoms with E-state index in [4.69, 9.17) is 19.9 Å². The molecular formula is C13H19NO4. The van der Waals surface area contributed by atoms with Crippen molar-refractivity contribution in [2.45, 2.75) is 26.4 Å². The second kappa shape index (κ2) is 5.73. The highest BCUT2D eigenvalue weighted by molar-refractivity contribution is 5.94. The molecule has 0 saturated carbocycles. The monoisotopic (exact) mass is 253 g/mol. The molecule has 18 heavy (non-hydrogen) atoms. The zero-order valence-electron chi connectivity index (χ0n) is 11.1. The van der Waals surface area contributed by atoms with Gasteiger partial charge in [0.25, 0.3) is 0 Å². The molecule has 5 nitrogen and oxygen atoms in total. The average molecular weight is 253 g/mol. The minimum absolute atomic E-state index is 0.0179. The summed E-state index contributed by atoms with van der Waals surface area (Å²) in [5, 5.41) is 0. The Morgan fingerprint density at radius 3 is 2.56 bits per heavy atom. The van der Waals surface area contributed by atoms with Crippen molar-refractivity contribution in [1.82, 2.24) is 0 Å². The number of nitrogens with two attached hydrogens (primary N) is 1. The van der Waals surface area contributed by atoms with E-state index >= 15 is 0 Å². The molecule has 0 amide bonds. The van der Waals surface area contributed by atoms with Crippen molar-refractivity contribution in [3.8, 4) is 5.75 Å². The Morgan fingerprint density at radius 1 is 1.33 bits per heavy atom. The van der Waals surface area contributed by atoms with Crippen LogP contribution in [0.25, 0.3) is 0 Å². The van der Waals surface area contributed by atoms with Crippen molar-refractivity contribution in [1.29, 1.82) is 0 Å². The molecule has 1 aromatic carbocycles. The summed E-state index contributed by atoms with van der Waals surface area (Å²) in [5.74, 6) is -0.186. The van der Waals surface area contributed by atoms with Crippen LogP contribution in [-0.4, -0.2) is 25.5 Å². The number of hydrogen-bond donors (Lipinski definition) is 1. The van der Waals surface area contributed by atoms with Crippen LogP contribution in [0.15, 0.2) is 18.2 Å². The van der Waals surface area contributed by atoms with Crippen LogP contribution < -0.4 is 10.5 Å². The van der Waals surface area contributed by atoms with E-state index in [-0.39, 0.29) is 12.5 Å². The van der Waals surface area contributed by atoms with Crippen LogP contribution in [0.2, 0.25) is 0 Å². The van der Waals surface area contributed by atoms with Crippen molar-refractivity contribution in [2.75, 3.05) is 19.6 Å². The summed E-state index contributed by atoms with van der Waals surface area (Å²) < 4.78 is 15.4. The lowest BCUT2D eigenvalue weighted by Gasteiger charge is -2.20. The van der Waals surface area contributed by atoms with Gasteiger partial charge in [0.2, 0.25) is 0 Å². The van der Waals surface area contributed by atoms with E-state index in [0.717, 1.165) is 0 Å². The summed E-state index contributed by atoms with van der Waals surface area (Å²) in [6.45, 7) is 5.41. The summed E-state index contributed by atoms with van der Waals surface area (Å²) in [5.41, 5.74) is 5.87. The number of benzene rings is 1. The minimum atomic E-state index is -0.569. The largest absolute Gasteiger partial charge is 0.464 e. The molecule has 0 fully saturated rings. The van der Waals surface area contributed by atoms with Gasteiger partial charge in [0.1, 0.15) is 11.2 Å². The summed E-state index contributed by atoms with van der Waals surface area (Å²) in [6, 6.07) is 4.93. The molecule has 0 bridgehead atoms. The lowest BCUT2D eigenvalue weighted by molar-refractivity contribution is 0.00560. The Kier molecular flexibility index (Phi) is 4.55. The molecule has 1 aromatic rings. The van der Waals surface area contributed by atoms with Gasteiger partial charge in [-0.3, -0.25) is 0 Å². The van der Waals surface area contributed by atoms with Gasteiger partial charge in [-0.05, 0) is 32.9 Å². The Balaban J connectivity index is 3.00. The van der Waals surface area contributed by atoms with Crippen LogP contribution in [0.5, 0.6) is 5.75 Å². The van der Waals surface area contributed by atoms with Crippen LogP contribution >= 0.6 is 0 Å². The standard InChI is InChI=1S/C13H19NO4/c1-13(2,3)18-12(15)9-6-5-7-10(14)11(9)17-8-16-4/h5-7H,8,14H2,1-4H3. The Bertz CT molecular complexity index is 423. The van der Waals surface area contributed by atoms with Gasteiger partial charge in [-0.1, -0.05) is 6.07 Å². The molecule has 1 rings (SSSR count). The fraction of sp³-hybridized carbons (Fsp3) is 0.462. The van der Waals surface area contributed by atoms with Gasteiger partial charge in [-0.25, -0.2) is 4.79 Å². The summed E-state index contributed by atoms with van der Waals surface area (Å²) in [6.07, 6.45) is 0. The van der Waals surface area contributed by atoms with Crippen LogP contribution in [0, 0.1) is 0 Å². The molecular weight excluding hydrogens is 234 g/mol. The van der Waals surface area contributed by atoms with Crippen LogP contribution in [0.4, 0.5) is 5.69 Å². The molecule has 0 aromatic heterocycles. The van der Waals surface area contributed by atoms with Gasteiger partial charge in [0, 0.05) is 7.11 Å². The molecule has 5 heteroatoms. The third-order valence-corrected chi connectivity index (χ3v) is 1.99. The lowest BCUT2D eigenvalue weighted by Crippen LogP contribution is -2.24. The van der Waals surface area contributed by atoms with Crippen molar-refractivity contribution in [3.63, 3.8) is 0 Å². The first-order valence-corrected chi connectivity index (χ1v) is 5.58. The van der Waals surface area contributed by atoms with Crippen LogP contribution in [-0.2, 0) is 9.47 Å². The number of para-hydroxylation sites is 1. The third kappa shape index (κ3) is 3.92. The van der Waals surface area contributed by atoms with E-state index < -0.39 is 11.6 Å². The molecule has 0 aliphatic rings. The molecule has 0 aliphatic heterocycles. The molecule has 0 radical (unpaired) electrons. The predicted molar refractivity (Wildman–Crippen MR) is 68.5 cm³/mol. The van der Waals surface area contributed by atoms with E-state index in [1.165, 1.54) is 7.11 Å². The number of carbonyl (C=O) groups excluding carboxylic acids is 1. The molecule has 100 valence electrons. The van der Waals surface area contributed by atoms with Gasteiger partial charge in [-0.2, -0.15) is 0 Å². The summed E-state index contributed by atoms with van der Waals surface area (Å²) in [4.78, 5) is 12.0. The Hall–Kier alpha value is -1.75. The molecule has 0 spiro atoms. The van der Waals surface area contributed by atoms with Crippen molar-refractivity contribution < 1.29 is 19.0 Å². The number of methoxy groups -OCH3 is 1. The topological polar surface area (TPSA) is 70.8 Å². The molecule has 0 atom stereocenters. The maximum atomic E-state index is 12.0. The van der Waals surface area contributed by atoms with E-state index in [1.807, 2.05) is 0 Å². The summed E-state index contributed by atoms with van der Waals surface area (Å²) in [7, 11) is 1.49. The lowest BCUT2D eigenvalue weighted by atomic mass is 10.1. The average Bonchev–Trinajstić information content (AvgIpc) is 2.24. The van der Waals surface area contributed by atoms with Gasteiger partial charge in [0.05, 0.1) is 5.69 Å². The van der Waals surface area contributed by atoms with E-state index in [2.05, 4.69) is 0 Å². The number of nitrogen functional groups attached to an aromatic ring is 1. The number of carbonyl (C=O) groups is 1. The maximum absolute atomic E-state index is 12.0. The van der Waals surface area contributed by atoms with Gasteiger partial charge in [-0.15, -0.1) is 0 Å². The first-order chi connectivity index (χ1) is 8.35. The normalized spacial score (nSPS) is 11.1. The Labute approximate surface area is 107 Å². The first-order valence-electron chi connectivity index (χ1n) is 5.58. The maximum Gasteiger partial charge on any atom is 0.342 e. The highest BCUT2D eigenvalue weighted by Gasteiger charge is 2.22. The van der Waals surface area contributed by atoms with Gasteiger partial charge >= 0.3 is 5.97 Å². The number of ether oxygens (including phenoxy) is 3. The fourth-order valence-electron chi connectivity index (χ4n) is 1.33. The zero-order chi connectivity index (χ0) is 13.8. The summed E-state index contributed by atoms with van der Waals surface area (Å²) >= 11 is 0. The number of esters is 1.